The molecule has 140 valence electrons. The molecule has 0 bridgehead atoms. The van der Waals surface area contributed by atoms with Crippen molar-refractivity contribution in [3.8, 4) is 0 Å². The first-order valence-electron chi connectivity index (χ1n) is 8.21. The molecule has 7 nitrogen and oxygen atoms in total. The van der Waals surface area contributed by atoms with Gasteiger partial charge in [0.25, 0.3) is 10.1 Å². The first kappa shape index (κ1) is 18.8. The lowest BCUT2D eigenvalue weighted by Crippen LogP contribution is -2.43. The van der Waals surface area contributed by atoms with Crippen LogP contribution in [0, 0.1) is 0 Å². The van der Waals surface area contributed by atoms with Crippen LogP contribution < -0.4 is 0 Å². The predicted molar refractivity (Wildman–Crippen MR) is 89.4 cm³/mol. The second kappa shape index (κ2) is 7.30. The average molecular weight is 372 g/mol. The molecule has 0 spiro atoms. The lowest BCUT2D eigenvalue weighted by molar-refractivity contribution is -0.162. The van der Waals surface area contributed by atoms with Crippen LogP contribution in [0.1, 0.15) is 19.4 Å². The Bertz CT molecular complexity index is 673. The van der Waals surface area contributed by atoms with Gasteiger partial charge in [-0.25, -0.2) is 0 Å². The Balaban J connectivity index is 1.72. The molecular formula is C17H24O7S. The van der Waals surface area contributed by atoms with Gasteiger partial charge in [0.15, 0.2) is 5.79 Å². The monoisotopic (exact) mass is 372 g/mol. The van der Waals surface area contributed by atoms with E-state index in [1.165, 1.54) is 0 Å². The summed E-state index contributed by atoms with van der Waals surface area (Å²) in [5.74, 6) is -0.701. The molecule has 2 heterocycles. The van der Waals surface area contributed by atoms with Crippen molar-refractivity contribution in [2.24, 2.45) is 0 Å². The molecule has 3 rings (SSSR count). The quantitative estimate of drug-likeness (QED) is 0.700. The van der Waals surface area contributed by atoms with E-state index in [4.69, 9.17) is 23.1 Å². The lowest BCUT2D eigenvalue weighted by Gasteiger charge is -2.26. The summed E-state index contributed by atoms with van der Waals surface area (Å²) in [5, 5.41) is 0. The summed E-state index contributed by atoms with van der Waals surface area (Å²) < 4.78 is 51.5. The molecule has 0 unspecified atom stereocenters. The smallest absolute Gasteiger partial charge is 0.264 e. The zero-order valence-corrected chi connectivity index (χ0v) is 15.4. The van der Waals surface area contributed by atoms with Gasteiger partial charge in [-0.1, -0.05) is 30.3 Å². The number of benzene rings is 1. The van der Waals surface area contributed by atoms with Crippen molar-refractivity contribution < 1.29 is 31.5 Å². The van der Waals surface area contributed by atoms with Gasteiger partial charge in [-0.05, 0) is 19.4 Å². The van der Waals surface area contributed by atoms with Gasteiger partial charge < -0.3 is 18.9 Å². The molecule has 0 radical (unpaired) electrons. The lowest BCUT2D eigenvalue weighted by atomic mass is 10.1. The summed E-state index contributed by atoms with van der Waals surface area (Å²) >= 11 is 0. The van der Waals surface area contributed by atoms with Crippen LogP contribution in [0.5, 0.6) is 0 Å². The van der Waals surface area contributed by atoms with Crippen molar-refractivity contribution >= 4 is 10.1 Å². The van der Waals surface area contributed by atoms with E-state index < -0.39 is 34.2 Å². The van der Waals surface area contributed by atoms with Crippen LogP contribution in [-0.4, -0.2) is 58.1 Å². The Hall–Kier alpha value is -1.03. The van der Waals surface area contributed by atoms with E-state index in [1.54, 1.807) is 0 Å². The highest BCUT2D eigenvalue weighted by Gasteiger charge is 2.49. The Morgan fingerprint density at radius 2 is 1.92 bits per heavy atom. The summed E-state index contributed by atoms with van der Waals surface area (Å²) in [6, 6.07) is 9.64. The molecule has 2 aliphatic rings. The summed E-state index contributed by atoms with van der Waals surface area (Å²) in [7, 11) is -3.63. The van der Waals surface area contributed by atoms with Crippen molar-refractivity contribution in [3.63, 3.8) is 0 Å². The van der Waals surface area contributed by atoms with Crippen LogP contribution >= 0.6 is 0 Å². The van der Waals surface area contributed by atoms with Crippen LogP contribution in [0.2, 0.25) is 0 Å². The fourth-order valence-corrected chi connectivity index (χ4v) is 3.69. The molecule has 2 fully saturated rings. The second-order valence-corrected chi connectivity index (χ2v) is 8.37. The van der Waals surface area contributed by atoms with Crippen molar-refractivity contribution in [2.45, 2.75) is 50.7 Å². The van der Waals surface area contributed by atoms with E-state index in [2.05, 4.69) is 0 Å². The van der Waals surface area contributed by atoms with E-state index in [0.717, 1.165) is 11.8 Å². The summed E-state index contributed by atoms with van der Waals surface area (Å²) in [6.45, 7) is 4.45. The van der Waals surface area contributed by atoms with Crippen molar-refractivity contribution in [1.82, 2.24) is 0 Å². The van der Waals surface area contributed by atoms with Crippen molar-refractivity contribution in [2.75, 3.05) is 19.5 Å². The van der Waals surface area contributed by atoms with E-state index in [9.17, 15) is 8.42 Å². The molecule has 0 N–H and O–H groups in total. The summed E-state index contributed by atoms with van der Waals surface area (Å²) in [5.41, 5.74) is 0.982. The van der Waals surface area contributed by atoms with Gasteiger partial charge in [0.1, 0.15) is 24.4 Å². The van der Waals surface area contributed by atoms with Gasteiger partial charge in [-0.2, -0.15) is 8.42 Å². The molecule has 25 heavy (non-hydrogen) atoms. The maximum atomic E-state index is 11.5. The molecule has 0 saturated carbocycles. The minimum atomic E-state index is -3.63. The molecule has 2 saturated heterocycles. The Labute approximate surface area is 148 Å². The molecule has 2 aliphatic heterocycles. The fraction of sp³-hybridized carbons (Fsp3) is 0.647. The molecule has 0 amide bonds. The van der Waals surface area contributed by atoms with E-state index >= 15 is 0 Å². The van der Waals surface area contributed by atoms with Gasteiger partial charge in [0.05, 0.1) is 26.1 Å². The average Bonchev–Trinajstić information content (AvgIpc) is 3.07. The normalized spacial score (nSPS) is 32.1. The van der Waals surface area contributed by atoms with Gasteiger partial charge in [0.2, 0.25) is 0 Å². The molecule has 8 heteroatoms. The Morgan fingerprint density at radius 3 is 2.52 bits per heavy atom. The molecule has 4 atom stereocenters. The minimum absolute atomic E-state index is 0.123. The van der Waals surface area contributed by atoms with Crippen LogP contribution in [0.4, 0.5) is 0 Å². The molecule has 0 aromatic heterocycles. The minimum Gasteiger partial charge on any atom is -0.370 e. The highest BCUT2D eigenvalue weighted by atomic mass is 32.2. The summed E-state index contributed by atoms with van der Waals surface area (Å²) in [6.07, 6.45) is -1.07. The third-order valence-corrected chi connectivity index (χ3v) is 4.72. The number of hydrogen-bond acceptors (Lipinski definition) is 7. The summed E-state index contributed by atoms with van der Waals surface area (Å²) in [4.78, 5) is 0. The van der Waals surface area contributed by atoms with Gasteiger partial charge in [-0.15, -0.1) is 0 Å². The van der Waals surface area contributed by atoms with Gasteiger partial charge in [0, 0.05) is 0 Å². The largest absolute Gasteiger partial charge is 0.370 e. The first-order chi connectivity index (χ1) is 11.7. The standard InChI is InChI=1S/C17H24O7S/c1-17(2)22-11-13(23-17)15-16(14(10-21-15)24-25(3,18)19)20-9-12-7-5-4-6-8-12/h4-8,13-16H,9-11H2,1-3H3/t13-,14+,15-,16-/m0/s1. The SMILES string of the molecule is CC1(C)OC[C@@H]([C@@H]2OC[C@@H](OS(C)(=O)=O)[C@@H]2OCc2ccccc2)O1. The molecule has 0 aliphatic carbocycles. The van der Waals surface area contributed by atoms with Gasteiger partial charge >= 0.3 is 0 Å². The van der Waals surface area contributed by atoms with E-state index in [-0.39, 0.29) is 12.7 Å². The zero-order valence-electron chi connectivity index (χ0n) is 14.6. The maximum Gasteiger partial charge on any atom is 0.264 e. The second-order valence-electron chi connectivity index (χ2n) is 6.77. The highest BCUT2D eigenvalue weighted by Crippen LogP contribution is 2.32. The predicted octanol–water partition coefficient (Wildman–Crippen LogP) is 1.47. The molecular weight excluding hydrogens is 348 g/mol. The van der Waals surface area contributed by atoms with E-state index in [1.807, 2.05) is 44.2 Å². The molecule has 1 aromatic carbocycles. The Morgan fingerprint density at radius 1 is 1.20 bits per heavy atom. The van der Waals surface area contributed by atoms with E-state index in [0.29, 0.717) is 13.2 Å². The number of rotatable bonds is 6. The first-order valence-corrected chi connectivity index (χ1v) is 10.0. The van der Waals surface area contributed by atoms with Crippen LogP contribution in [0.15, 0.2) is 30.3 Å². The molecule has 1 aromatic rings. The third kappa shape index (κ3) is 4.99. The van der Waals surface area contributed by atoms with Crippen molar-refractivity contribution in [1.29, 1.82) is 0 Å². The number of hydrogen-bond donors (Lipinski definition) is 0. The number of ether oxygens (including phenoxy) is 4. The highest BCUT2D eigenvalue weighted by molar-refractivity contribution is 7.86. The topological polar surface area (TPSA) is 80.3 Å². The van der Waals surface area contributed by atoms with Crippen LogP contribution in [0.3, 0.4) is 0 Å². The maximum absolute atomic E-state index is 11.5. The third-order valence-electron chi connectivity index (χ3n) is 4.12. The van der Waals surface area contributed by atoms with Crippen LogP contribution in [-0.2, 0) is 39.9 Å². The zero-order chi connectivity index (χ0) is 18.1. The Kier molecular flexibility index (Phi) is 5.48. The fourth-order valence-electron chi connectivity index (χ4n) is 3.08. The van der Waals surface area contributed by atoms with Gasteiger partial charge in [-0.3, -0.25) is 4.18 Å². The van der Waals surface area contributed by atoms with Crippen LogP contribution in [0.25, 0.3) is 0 Å². The van der Waals surface area contributed by atoms with Crippen molar-refractivity contribution in [3.05, 3.63) is 35.9 Å².